The normalized spacial score (nSPS) is 29.6. The van der Waals surface area contributed by atoms with E-state index in [1.807, 2.05) is 0 Å². The summed E-state index contributed by atoms with van der Waals surface area (Å²) in [7, 11) is 0. The zero-order valence-corrected chi connectivity index (χ0v) is 5.15. The van der Waals surface area contributed by atoms with Gasteiger partial charge in [-0.05, 0) is 0 Å². The Morgan fingerprint density at radius 2 is 2.10 bits per heavy atom. The molecule has 1 aliphatic rings. The Morgan fingerprint density at radius 3 is 2.40 bits per heavy atom. The van der Waals surface area contributed by atoms with Crippen molar-refractivity contribution < 1.29 is 19.8 Å². The highest BCUT2D eigenvalue weighted by Crippen LogP contribution is 2.15. The summed E-state index contributed by atoms with van der Waals surface area (Å²) >= 11 is 0. The van der Waals surface area contributed by atoms with Gasteiger partial charge in [0, 0.05) is 6.54 Å². The fourth-order valence-corrected chi connectivity index (χ4v) is 0.758. The van der Waals surface area contributed by atoms with Crippen LogP contribution in [0.1, 0.15) is 0 Å². The lowest BCUT2D eigenvalue weighted by Crippen LogP contribution is -2.18. The van der Waals surface area contributed by atoms with Gasteiger partial charge in [-0.15, -0.1) is 0 Å². The topological polar surface area (TPSA) is 77.6 Å². The molecule has 0 radical (unpaired) electrons. The molecule has 0 bridgehead atoms. The van der Waals surface area contributed by atoms with E-state index < -0.39 is 18.0 Å². The first-order valence-electron chi connectivity index (χ1n) is 2.80. The molecule has 0 spiro atoms. The van der Waals surface area contributed by atoms with E-state index in [4.69, 9.17) is 10.2 Å². The van der Waals surface area contributed by atoms with Crippen molar-refractivity contribution in [3.63, 3.8) is 0 Å². The molecular formula is C5H7NO4. The van der Waals surface area contributed by atoms with Crippen LogP contribution in [-0.4, -0.2) is 46.2 Å². The van der Waals surface area contributed by atoms with Gasteiger partial charge in [-0.2, -0.15) is 0 Å². The van der Waals surface area contributed by atoms with E-state index in [9.17, 15) is 9.59 Å². The first-order chi connectivity index (χ1) is 4.61. The van der Waals surface area contributed by atoms with E-state index in [1.54, 1.807) is 0 Å². The zero-order chi connectivity index (χ0) is 7.72. The third kappa shape index (κ3) is 1.44. The van der Waals surface area contributed by atoms with Crippen LogP contribution >= 0.6 is 0 Å². The van der Waals surface area contributed by atoms with Crippen LogP contribution in [0, 0.1) is 0 Å². The molecule has 1 rings (SSSR count). The lowest BCUT2D eigenvalue weighted by Gasteiger charge is -1.92. The largest absolute Gasteiger partial charge is 0.480 e. The minimum Gasteiger partial charge on any atom is -0.480 e. The second-order valence-electron chi connectivity index (χ2n) is 2.18. The molecule has 1 unspecified atom stereocenters. The van der Waals surface area contributed by atoms with E-state index in [1.165, 1.54) is 4.90 Å². The van der Waals surface area contributed by atoms with E-state index in [-0.39, 0.29) is 6.54 Å². The molecule has 1 saturated heterocycles. The molecular weight excluding hydrogens is 138 g/mol. The van der Waals surface area contributed by atoms with Gasteiger partial charge >= 0.3 is 11.9 Å². The van der Waals surface area contributed by atoms with Crippen molar-refractivity contribution in [3.05, 3.63) is 0 Å². The Labute approximate surface area is 56.9 Å². The fraction of sp³-hybridized carbons (Fsp3) is 0.600. The number of carbonyl (C=O) groups is 2. The molecule has 1 fully saturated rings. The maximum Gasteiger partial charge on any atom is 0.322 e. The smallest absolute Gasteiger partial charge is 0.322 e. The predicted molar refractivity (Wildman–Crippen MR) is 30.6 cm³/mol. The number of nitrogens with zero attached hydrogens (tertiary/aromatic N) is 1. The molecule has 0 aliphatic carbocycles. The molecule has 1 aliphatic heterocycles. The third-order valence-electron chi connectivity index (χ3n) is 1.34. The summed E-state index contributed by atoms with van der Waals surface area (Å²) in [6, 6.07) is -0.559. The van der Waals surface area contributed by atoms with Crippen LogP contribution in [0.3, 0.4) is 0 Å². The quantitative estimate of drug-likeness (QED) is 0.490. The molecule has 0 aromatic heterocycles. The van der Waals surface area contributed by atoms with Crippen LogP contribution in [-0.2, 0) is 9.59 Å². The Hall–Kier alpha value is -1.10. The highest BCUT2D eigenvalue weighted by molar-refractivity contribution is 5.79. The molecule has 2 atom stereocenters. The van der Waals surface area contributed by atoms with Gasteiger partial charge in [0.2, 0.25) is 0 Å². The third-order valence-corrected chi connectivity index (χ3v) is 1.34. The summed E-state index contributed by atoms with van der Waals surface area (Å²) in [5, 5.41) is 16.5. The molecule has 56 valence electrons. The lowest BCUT2D eigenvalue weighted by atomic mass is 10.5. The number of aliphatic carboxylic acids is 2. The fourth-order valence-electron chi connectivity index (χ4n) is 0.758. The van der Waals surface area contributed by atoms with Crippen molar-refractivity contribution in [1.29, 1.82) is 0 Å². The standard InChI is InChI=1S/C5H7NO4/c7-4(8)2-6-1-3(6)5(9)10/h3H,1-2H2,(H,7,8)(H,9,10)/t3-,6?/m0/s1. The van der Waals surface area contributed by atoms with Gasteiger partial charge in [-0.1, -0.05) is 0 Å². The molecule has 1 heterocycles. The lowest BCUT2D eigenvalue weighted by molar-refractivity contribution is -0.138. The summed E-state index contributed by atoms with van der Waals surface area (Å²) in [5.41, 5.74) is 0. The Bertz CT molecular complexity index is 178. The minimum absolute atomic E-state index is 0.170. The van der Waals surface area contributed by atoms with Gasteiger partial charge < -0.3 is 10.2 Å². The van der Waals surface area contributed by atoms with E-state index in [2.05, 4.69) is 0 Å². The molecule has 10 heavy (non-hydrogen) atoms. The van der Waals surface area contributed by atoms with E-state index in [0.29, 0.717) is 6.54 Å². The van der Waals surface area contributed by atoms with Gasteiger partial charge in [0.25, 0.3) is 0 Å². The second kappa shape index (κ2) is 2.26. The number of carboxylic acid groups (broad SMARTS) is 2. The van der Waals surface area contributed by atoms with Crippen LogP contribution in [0.25, 0.3) is 0 Å². The van der Waals surface area contributed by atoms with Gasteiger partial charge in [-0.25, -0.2) is 0 Å². The molecule has 5 heteroatoms. The van der Waals surface area contributed by atoms with Crippen LogP contribution in [0.2, 0.25) is 0 Å². The maximum absolute atomic E-state index is 10.1. The van der Waals surface area contributed by atoms with Crippen molar-refractivity contribution in [2.75, 3.05) is 13.1 Å². The van der Waals surface area contributed by atoms with Crippen molar-refractivity contribution in [1.82, 2.24) is 4.90 Å². The predicted octanol–water partition coefficient (Wildman–Crippen LogP) is -1.16. The number of rotatable bonds is 3. The zero-order valence-electron chi connectivity index (χ0n) is 5.15. The van der Waals surface area contributed by atoms with Crippen LogP contribution in [0.5, 0.6) is 0 Å². The van der Waals surface area contributed by atoms with E-state index >= 15 is 0 Å². The van der Waals surface area contributed by atoms with Crippen molar-refractivity contribution >= 4 is 11.9 Å². The minimum atomic E-state index is -0.983. The highest BCUT2D eigenvalue weighted by atomic mass is 16.4. The second-order valence-corrected chi connectivity index (χ2v) is 2.18. The molecule has 0 saturated carbocycles. The molecule has 0 aromatic carbocycles. The van der Waals surface area contributed by atoms with Crippen molar-refractivity contribution in [3.8, 4) is 0 Å². The maximum atomic E-state index is 10.1. The first kappa shape index (κ1) is 7.01. The highest BCUT2D eigenvalue weighted by Gasteiger charge is 2.41. The van der Waals surface area contributed by atoms with Gasteiger partial charge in [0.15, 0.2) is 0 Å². The average molecular weight is 145 g/mol. The number of hydrogen-bond donors (Lipinski definition) is 2. The van der Waals surface area contributed by atoms with E-state index in [0.717, 1.165) is 0 Å². The van der Waals surface area contributed by atoms with Gasteiger partial charge in [0.05, 0.1) is 6.54 Å². The summed E-state index contributed by atoms with van der Waals surface area (Å²) < 4.78 is 0. The summed E-state index contributed by atoms with van der Waals surface area (Å²) in [6.45, 7) is 0.193. The SMILES string of the molecule is O=C(O)CN1C[C@H]1C(=O)O. The van der Waals surface area contributed by atoms with Crippen LogP contribution < -0.4 is 0 Å². The van der Waals surface area contributed by atoms with Gasteiger partial charge in [-0.3, -0.25) is 14.5 Å². The molecule has 0 amide bonds. The van der Waals surface area contributed by atoms with Crippen molar-refractivity contribution in [2.24, 2.45) is 0 Å². The Morgan fingerprint density at radius 1 is 1.50 bits per heavy atom. The first-order valence-corrected chi connectivity index (χ1v) is 2.80. The van der Waals surface area contributed by atoms with Crippen LogP contribution in [0.4, 0.5) is 0 Å². The molecule has 0 aromatic rings. The molecule has 2 N–H and O–H groups in total. The summed E-state index contributed by atoms with van der Waals surface area (Å²) in [5.74, 6) is -1.93. The van der Waals surface area contributed by atoms with Crippen molar-refractivity contribution in [2.45, 2.75) is 6.04 Å². The Balaban J connectivity index is 2.26. The molecule has 5 nitrogen and oxygen atoms in total. The Kier molecular flexibility index (Phi) is 1.58. The monoisotopic (exact) mass is 145 g/mol. The number of hydrogen-bond acceptors (Lipinski definition) is 3. The van der Waals surface area contributed by atoms with Gasteiger partial charge in [0.1, 0.15) is 6.04 Å². The summed E-state index contributed by atoms with van der Waals surface area (Å²) in [4.78, 5) is 21.5. The summed E-state index contributed by atoms with van der Waals surface area (Å²) in [6.07, 6.45) is 0. The average Bonchev–Trinajstić information content (AvgIpc) is 2.43. The number of carboxylic acids is 2. The van der Waals surface area contributed by atoms with Crippen LogP contribution in [0.15, 0.2) is 0 Å².